The Morgan fingerprint density at radius 1 is 1.37 bits per heavy atom. The van der Waals surface area contributed by atoms with Crippen LogP contribution in [0, 0.1) is 0 Å². The second-order valence-corrected chi connectivity index (χ2v) is 5.41. The molecule has 1 amide bonds. The molecule has 0 unspecified atom stereocenters. The molecule has 6 heteroatoms. The van der Waals surface area contributed by atoms with Gasteiger partial charge in [0.05, 0.1) is 5.69 Å². The third kappa shape index (κ3) is 2.16. The molecule has 5 nitrogen and oxygen atoms in total. The molecule has 1 aliphatic carbocycles. The van der Waals surface area contributed by atoms with Crippen molar-refractivity contribution < 1.29 is 4.79 Å². The van der Waals surface area contributed by atoms with E-state index in [4.69, 9.17) is 5.73 Å². The van der Waals surface area contributed by atoms with Gasteiger partial charge in [-0.3, -0.25) is 4.79 Å². The summed E-state index contributed by atoms with van der Waals surface area (Å²) in [5.74, 6) is -0.454. The molecule has 2 aromatic rings. The predicted octanol–water partition coefficient (Wildman–Crippen LogP) is 2.01. The lowest BCUT2D eigenvalue weighted by molar-refractivity contribution is 0.0994. The number of aromatic nitrogens is 3. The van der Waals surface area contributed by atoms with Crippen molar-refractivity contribution in [1.29, 1.82) is 0 Å². The standard InChI is InChI=1S/C13H13BrN4O/c14-11-7-8(5-6-16-11)18-10-4-2-1-3-9(10)12(17-18)13(15)19/h5-7H,1-4H2,(H2,15,19). The summed E-state index contributed by atoms with van der Waals surface area (Å²) in [6, 6.07) is 3.75. The molecule has 2 N–H and O–H groups in total. The Labute approximate surface area is 119 Å². The maximum atomic E-state index is 11.5. The highest BCUT2D eigenvalue weighted by Gasteiger charge is 2.24. The Kier molecular flexibility index (Phi) is 3.10. The second-order valence-electron chi connectivity index (χ2n) is 4.59. The molecule has 0 aliphatic heterocycles. The van der Waals surface area contributed by atoms with E-state index in [0.717, 1.165) is 47.2 Å². The summed E-state index contributed by atoms with van der Waals surface area (Å²) in [4.78, 5) is 15.6. The molecule has 19 heavy (non-hydrogen) atoms. The van der Waals surface area contributed by atoms with E-state index in [-0.39, 0.29) is 0 Å². The number of hydrogen-bond acceptors (Lipinski definition) is 3. The van der Waals surface area contributed by atoms with Crippen LogP contribution in [0.1, 0.15) is 34.6 Å². The van der Waals surface area contributed by atoms with E-state index in [1.54, 1.807) is 6.20 Å². The molecule has 0 spiro atoms. The number of nitrogens with zero attached hydrogens (tertiary/aromatic N) is 3. The summed E-state index contributed by atoms with van der Waals surface area (Å²) in [5, 5.41) is 4.40. The highest BCUT2D eigenvalue weighted by atomic mass is 79.9. The van der Waals surface area contributed by atoms with Gasteiger partial charge in [0.2, 0.25) is 0 Å². The number of carbonyl (C=O) groups excluding carboxylic acids is 1. The Morgan fingerprint density at radius 3 is 2.89 bits per heavy atom. The van der Waals surface area contributed by atoms with Gasteiger partial charge in [0.25, 0.3) is 5.91 Å². The van der Waals surface area contributed by atoms with Crippen molar-refractivity contribution in [1.82, 2.24) is 14.8 Å². The highest BCUT2D eigenvalue weighted by Crippen LogP contribution is 2.27. The molecule has 0 fully saturated rings. The van der Waals surface area contributed by atoms with Gasteiger partial charge in [0.15, 0.2) is 5.69 Å². The number of nitrogens with two attached hydrogens (primary N) is 1. The third-order valence-corrected chi connectivity index (χ3v) is 3.80. The van der Waals surface area contributed by atoms with E-state index in [0.29, 0.717) is 5.69 Å². The van der Waals surface area contributed by atoms with Gasteiger partial charge in [0.1, 0.15) is 4.60 Å². The fourth-order valence-electron chi connectivity index (χ4n) is 2.53. The number of carbonyl (C=O) groups is 1. The molecule has 3 rings (SSSR count). The fraction of sp³-hybridized carbons (Fsp3) is 0.308. The van der Waals surface area contributed by atoms with Crippen LogP contribution in [0.15, 0.2) is 22.9 Å². The van der Waals surface area contributed by atoms with E-state index in [1.807, 2.05) is 16.8 Å². The quantitative estimate of drug-likeness (QED) is 0.860. The Hall–Kier alpha value is -1.69. The maximum absolute atomic E-state index is 11.5. The Balaban J connectivity index is 2.19. The summed E-state index contributed by atoms with van der Waals surface area (Å²) >= 11 is 3.35. The van der Waals surface area contributed by atoms with Gasteiger partial charge in [-0.1, -0.05) is 0 Å². The van der Waals surface area contributed by atoms with Crippen LogP contribution in [0.3, 0.4) is 0 Å². The number of primary amides is 1. The van der Waals surface area contributed by atoms with E-state index in [1.165, 1.54) is 0 Å². The molecule has 98 valence electrons. The average molecular weight is 321 g/mol. The van der Waals surface area contributed by atoms with E-state index < -0.39 is 5.91 Å². The molecule has 2 heterocycles. The minimum absolute atomic E-state index is 0.405. The van der Waals surface area contributed by atoms with Gasteiger partial charge in [-0.25, -0.2) is 9.67 Å². The van der Waals surface area contributed by atoms with E-state index >= 15 is 0 Å². The van der Waals surface area contributed by atoms with Crippen molar-refractivity contribution in [3.63, 3.8) is 0 Å². The summed E-state index contributed by atoms with van der Waals surface area (Å²) < 4.78 is 2.56. The van der Waals surface area contributed by atoms with Crippen LogP contribution in [0.5, 0.6) is 0 Å². The minimum Gasteiger partial charge on any atom is -0.364 e. The summed E-state index contributed by atoms with van der Waals surface area (Å²) in [6.45, 7) is 0. The van der Waals surface area contributed by atoms with Gasteiger partial charge < -0.3 is 5.73 Å². The van der Waals surface area contributed by atoms with Crippen LogP contribution in [0.4, 0.5) is 0 Å². The summed E-state index contributed by atoms with van der Waals surface area (Å²) in [7, 11) is 0. The zero-order valence-electron chi connectivity index (χ0n) is 10.3. The Bertz CT molecular complexity index is 650. The number of pyridine rings is 1. The number of fused-ring (bicyclic) bond motifs is 1. The number of amides is 1. The molecule has 0 atom stereocenters. The molecule has 0 aromatic carbocycles. The zero-order valence-corrected chi connectivity index (χ0v) is 11.9. The first-order valence-corrected chi connectivity index (χ1v) is 6.98. The molecule has 0 radical (unpaired) electrons. The normalized spacial score (nSPS) is 14.2. The maximum Gasteiger partial charge on any atom is 0.269 e. The first-order chi connectivity index (χ1) is 9.16. The van der Waals surface area contributed by atoms with E-state index in [9.17, 15) is 4.79 Å². The highest BCUT2D eigenvalue weighted by molar-refractivity contribution is 9.10. The number of rotatable bonds is 2. The largest absolute Gasteiger partial charge is 0.364 e. The second kappa shape index (κ2) is 4.77. The predicted molar refractivity (Wildman–Crippen MR) is 74.2 cm³/mol. The van der Waals surface area contributed by atoms with Crippen molar-refractivity contribution in [3.8, 4) is 5.69 Å². The molecule has 1 aliphatic rings. The molecule has 2 aromatic heterocycles. The van der Waals surface area contributed by atoms with Crippen molar-refractivity contribution in [2.45, 2.75) is 25.7 Å². The van der Waals surface area contributed by atoms with Crippen molar-refractivity contribution >= 4 is 21.8 Å². The first kappa shape index (κ1) is 12.3. The van der Waals surface area contributed by atoms with Crippen LogP contribution in [0.25, 0.3) is 5.69 Å². The van der Waals surface area contributed by atoms with E-state index in [2.05, 4.69) is 26.0 Å². The summed E-state index contributed by atoms with van der Waals surface area (Å²) in [6.07, 6.45) is 5.71. The third-order valence-electron chi connectivity index (χ3n) is 3.37. The Morgan fingerprint density at radius 2 is 2.16 bits per heavy atom. The molecular weight excluding hydrogens is 308 g/mol. The smallest absolute Gasteiger partial charge is 0.269 e. The SMILES string of the molecule is NC(=O)c1nn(-c2ccnc(Br)c2)c2c1CCCC2. The number of halogens is 1. The molecular formula is C13H13BrN4O. The first-order valence-electron chi connectivity index (χ1n) is 6.19. The monoisotopic (exact) mass is 320 g/mol. The molecule has 0 saturated heterocycles. The van der Waals surface area contributed by atoms with Crippen LogP contribution in [-0.2, 0) is 12.8 Å². The van der Waals surface area contributed by atoms with Crippen molar-refractivity contribution in [2.75, 3.05) is 0 Å². The lowest BCUT2D eigenvalue weighted by Gasteiger charge is -2.14. The van der Waals surface area contributed by atoms with Crippen LogP contribution in [0.2, 0.25) is 0 Å². The van der Waals surface area contributed by atoms with Crippen molar-refractivity contribution in [3.05, 3.63) is 39.9 Å². The van der Waals surface area contributed by atoms with Gasteiger partial charge in [-0.2, -0.15) is 5.10 Å². The molecule has 0 saturated carbocycles. The zero-order chi connectivity index (χ0) is 13.4. The van der Waals surface area contributed by atoms with Gasteiger partial charge in [-0.15, -0.1) is 0 Å². The van der Waals surface area contributed by atoms with Gasteiger partial charge in [0, 0.05) is 17.5 Å². The topological polar surface area (TPSA) is 73.8 Å². The van der Waals surface area contributed by atoms with Crippen LogP contribution in [-0.4, -0.2) is 20.7 Å². The molecule has 0 bridgehead atoms. The van der Waals surface area contributed by atoms with Gasteiger partial charge in [-0.05, 0) is 53.7 Å². The minimum atomic E-state index is -0.454. The number of hydrogen-bond donors (Lipinski definition) is 1. The average Bonchev–Trinajstić information content (AvgIpc) is 2.78. The summed E-state index contributed by atoms with van der Waals surface area (Å²) in [5.41, 5.74) is 8.83. The fourth-order valence-corrected chi connectivity index (χ4v) is 2.89. The lowest BCUT2D eigenvalue weighted by atomic mass is 9.95. The van der Waals surface area contributed by atoms with Crippen LogP contribution >= 0.6 is 15.9 Å². The van der Waals surface area contributed by atoms with Gasteiger partial charge >= 0.3 is 0 Å². The van der Waals surface area contributed by atoms with Crippen molar-refractivity contribution in [2.24, 2.45) is 5.73 Å². The van der Waals surface area contributed by atoms with Crippen LogP contribution < -0.4 is 5.73 Å². The lowest BCUT2D eigenvalue weighted by Crippen LogP contribution is -2.15.